The van der Waals surface area contributed by atoms with Gasteiger partial charge < -0.3 is 20.3 Å². The number of hydrogen-bond donors (Lipinski definition) is 3. The molecule has 3 aliphatic rings. The van der Waals surface area contributed by atoms with Crippen LogP contribution < -0.4 is 15.4 Å². The third kappa shape index (κ3) is 4.18. The Labute approximate surface area is 234 Å². The Balaban J connectivity index is 1.14. The van der Waals surface area contributed by atoms with Gasteiger partial charge in [0.2, 0.25) is 11.8 Å². The van der Waals surface area contributed by atoms with Crippen LogP contribution in [0.3, 0.4) is 0 Å². The van der Waals surface area contributed by atoms with Crippen LogP contribution in [0, 0.1) is 23.6 Å². The first kappa shape index (κ1) is 25.4. The van der Waals surface area contributed by atoms with Crippen molar-refractivity contribution >= 4 is 28.5 Å². The average Bonchev–Trinajstić information content (AvgIpc) is 3.48. The van der Waals surface area contributed by atoms with Gasteiger partial charge >= 0.3 is 0 Å². The van der Waals surface area contributed by atoms with Gasteiger partial charge in [-0.1, -0.05) is 0 Å². The zero-order valence-corrected chi connectivity index (χ0v) is 22.5. The molecule has 13 heteroatoms. The Morgan fingerprint density at radius 2 is 2.02 bits per heavy atom. The summed E-state index contributed by atoms with van der Waals surface area (Å²) in [5.41, 5.74) is 7.91. The van der Waals surface area contributed by atoms with Crippen LogP contribution in [0.1, 0.15) is 36.2 Å². The van der Waals surface area contributed by atoms with Crippen LogP contribution in [-0.4, -0.2) is 79.4 Å². The molecule has 1 aliphatic carbocycles. The summed E-state index contributed by atoms with van der Waals surface area (Å²) >= 11 is 0. The Kier molecular flexibility index (Phi) is 5.91. The molecule has 4 aromatic heterocycles. The van der Waals surface area contributed by atoms with Crippen LogP contribution in [-0.2, 0) is 4.79 Å². The third-order valence-electron chi connectivity index (χ3n) is 9.18. The number of primary amides is 1. The number of aromatic nitrogens is 6. The van der Waals surface area contributed by atoms with Crippen molar-refractivity contribution in [2.75, 3.05) is 31.6 Å². The Bertz CT molecular complexity index is 1650. The zero-order valence-electron chi connectivity index (χ0n) is 22.5. The van der Waals surface area contributed by atoms with Crippen LogP contribution >= 0.6 is 0 Å². The Hall–Kier alpha value is -4.55. The van der Waals surface area contributed by atoms with E-state index in [1.54, 1.807) is 18.5 Å². The second-order valence-corrected chi connectivity index (χ2v) is 11.3. The number of pyridine rings is 2. The van der Waals surface area contributed by atoms with Gasteiger partial charge in [0.25, 0.3) is 5.91 Å². The van der Waals surface area contributed by atoms with E-state index >= 15 is 0 Å². The summed E-state index contributed by atoms with van der Waals surface area (Å²) in [5.74, 6) is -0.531. The molecular weight excluding hydrogens is 529 g/mol. The quantitative estimate of drug-likeness (QED) is 0.325. The molecule has 6 heterocycles. The number of likely N-dealkylation sites (tertiary alicyclic amines) is 1. The summed E-state index contributed by atoms with van der Waals surface area (Å²) in [6, 6.07) is 5.02. The SMILES string of the molecule is COc1cc(-c2cc(C(=O)N3CCC(C(N)=O)CC34CC4[C@H]3CCN(c4ccnc5[nH]ncc45)C3)[nH]n2)c(F)cn1. The molecule has 4 atom stereocenters. The Morgan fingerprint density at radius 1 is 1.15 bits per heavy atom. The first-order valence-electron chi connectivity index (χ1n) is 13.8. The minimum atomic E-state index is -0.565. The van der Waals surface area contributed by atoms with E-state index in [1.165, 1.54) is 13.2 Å². The second-order valence-electron chi connectivity index (χ2n) is 11.3. The molecule has 2 aliphatic heterocycles. The highest BCUT2D eigenvalue weighted by Gasteiger charge is 2.65. The van der Waals surface area contributed by atoms with E-state index in [0.29, 0.717) is 25.3 Å². The molecule has 1 saturated carbocycles. The number of methoxy groups -OCH3 is 1. The Morgan fingerprint density at radius 3 is 2.85 bits per heavy atom. The first-order chi connectivity index (χ1) is 19.9. The number of rotatable bonds is 6. The molecule has 7 rings (SSSR count). The van der Waals surface area contributed by atoms with Gasteiger partial charge in [0.1, 0.15) is 5.69 Å². The number of nitrogens with zero attached hydrogens (tertiary/aromatic N) is 6. The molecule has 3 unspecified atom stereocenters. The molecule has 12 nitrogen and oxygen atoms in total. The van der Waals surface area contributed by atoms with Crippen molar-refractivity contribution in [2.24, 2.45) is 23.5 Å². The fourth-order valence-corrected chi connectivity index (χ4v) is 7.06. The lowest BCUT2D eigenvalue weighted by molar-refractivity contribution is -0.124. The van der Waals surface area contributed by atoms with Crippen LogP contribution in [0.2, 0.25) is 0 Å². The number of nitrogens with two attached hydrogens (primary N) is 1. The molecule has 41 heavy (non-hydrogen) atoms. The molecule has 3 fully saturated rings. The van der Waals surface area contributed by atoms with Gasteiger partial charge in [-0.3, -0.25) is 19.8 Å². The number of amides is 2. The maximum Gasteiger partial charge on any atom is 0.272 e. The molecule has 2 saturated heterocycles. The van der Waals surface area contributed by atoms with E-state index in [-0.39, 0.29) is 46.5 Å². The summed E-state index contributed by atoms with van der Waals surface area (Å²) in [4.78, 5) is 38.7. The number of anilines is 1. The highest BCUT2D eigenvalue weighted by molar-refractivity contribution is 5.95. The standard InChI is InChI=1S/C28H30FN9O3/c1-41-24-8-17(20(29)13-32-24)21-9-22(35-34-21)27(40)38-7-4-15(25(30)39)10-28(38)11-19(28)16-3-6-37(14-16)23-2-5-31-26-18(23)12-33-36-26/h2,5,8-9,12-13,15-16,19H,3-4,6-7,10-11,14H2,1H3,(H2,30,39)(H,34,35)(H,31,33,36)/t15?,16-,19?,28?/m0/s1. The van der Waals surface area contributed by atoms with Gasteiger partial charge in [0.15, 0.2) is 11.5 Å². The second kappa shape index (κ2) is 9.53. The van der Waals surface area contributed by atoms with E-state index in [1.807, 2.05) is 11.0 Å². The lowest BCUT2D eigenvalue weighted by Gasteiger charge is -2.40. The predicted molar refractivity (Wildman–Crippen MR) is 146 cm³/mol. The fourth-order valence-electron chi connectivity index (χ4n) is 7.06. The maximum absolute atomic E-state index is 14.5. The average molecular weight is 560 g/mol. The van der Waals surface area contributed by atoms with Crippen LogP contribution in [0.15, 0.2) is 36.8 Å². The summed E-state index contributed by atoms with van der Waals surface area (Å²) in [6.07, 6.45) is 7.51. The normalized spacial score (nSPS) is 25.7. The summed E-state index contributed by atoms with van der Waals surface area (Å²) in [5, 5.41) is 15.1. The predicted octanol–water partition coefficient (Wildman–Crippen LogP) is 2.51. The largest absolute Gasteiger partial charge is 0.481 e. The maximum atomic E-state index is 14.5. The number of carbonyl (C=O) groups is 2. The summed E-state index contributed by atoms with van der Waals surface area (Å²) in [6.45, 7) is 2.15. The molecule has 4 aromatic rings. The summed E-state index contributed by atoms with van der Waals surface area (Å²) in [7, 11) is 1.45. The van der Waals surface area contributed by atoms with E-state index in [4.69, 9.17) is 10.5 Å². The molecule has 4 N–H and O–H groups in total. The van der Waals surface area contributed by atoms with E-state index in [0.717, 1.165) is 48.8 Å². The highest BCUT2D eigenvalue weighted by Crippen LogP contribution is 2.60. The van der Waals surface area contributed by atoms with Crippen LogP contribution in [0.25, 0.3) is 22.3 Å². The smallest absolute Gasteiger partial charge is 0.272 e. The molecule has 212 valence electrons. The first-order valence-corrected chi connectivity index (χ1v) is 13.8. The van der Waals surface area contributed by atoms with Crippen molar-refractivity contribution in [3.05, 3.63) is 48.3 Å². The highest BCUT2D eigenvalue weighted by atomic mass is 19.1. The van der Waals surface area contributed by atoms with Crippen molar-refractivity contribution < 1.29 is 18.7 Å². The minimum absolute atomic E-state index is 0.187. The number of H-pyrrole nitrogens is 2. The molecule has 0 aromatic carbocycles. The molecule has 0 bridgehead atoms. The van der Waals surface area contributed by atoms with Gasteiger partial charge in [-0.15, -0.1) is 0 Å². The van der Waals surface area contributed by atoms with Crippen molar-refractivity contribution in [3.8, 4) is 17.1 Å². The number of hydrogen-bond acceptors (Lipinski definition) is 8. The zero-order chi connectivity index (χ0) is 28.3. The number of fused-ring (bicyclic) bond motifs is 1. The molecule has 0 radical (unpaired) electrons. The number of piperidine rings is 1. The number of nitrogens with one attached hydrogen (secondary N) is 2. The lowest BCUT2D eigenvalue weighted by atomic mass is 9.84. The fraction of sp³-hybridized carbons (Fsp3) is 0.429. The van der Waals surface area contributed by atoms with E-state index in [2.05, 4.69) is 35.3 Å². The third-order valence-corrected chi connectivity index (χ3v) is 9.18. The van der Waals surface area contributed by atoms with Gasteiger partial charge in [-0.25, -0.2) is 14.4 Å². The van der Waals surface area contributed by atoms with Crippen molar-refractivity contribution in [2.45, 2.75) is 31.2 Å². The van der Waals surface area contributed by atoms with E-state index < -0.39 is 11.4 Å². The number of halogens is 1. The molecule has 1 spiro atoms. The monoisotopic (exact) mass is 559 g/mol. The van der Waals surface area contributed by atoms with Gasteiger partial charge in [0.05, 0.1) is 36.3 Å². The van der Waals surface area contributed by atoms with Crippen molar-refractivity contribution in [1.82, 2.24) is 35.3 Å². The van der Waals surface area contributed by atoms with Crippen molar-refractivity contribution in [1.29, 1.82) is 0 Å². The molecular formula is C28H30FN9O3. The topological polar surface area (TPSA) is 159 Å². The van der Waals surface area contributed by atoms with Gasteiger partial charge in [0, 0.05) is 48.9 Å². The van der Waals surface area contributed by atoms with Gasteiger partial charge in [-0.05, 0) is 49.7 Å². The van der Waals surface area contributed by atoms with Crippen LogP contribution in [0.5, 0.6) is 5.88 Å². The van der Waals surface area contributed by atoms with E-state index in [9.17, 15) is 14.0 Å². The lowest BCUT2D eigenvalue weighted by Crippen LogP contribution is -2.52. The molecule has 2 amide bonds. The number of carbonyl (C=O) groups excluding carboxylic acids is 2. The van der Waals surface area contributed by atoms with Gasteiger partial charge in [-0.2, -0.15) is 10.2 Å². The number of ether oxygens (including phenoxy) is 1. The minimum Gasteiger partial charge on any atom is -0.481 e. The number of aromatic amines is 2. The summed E-state index contributed by atoms with van der Waals surface area (Å²) < 4.78 is 19.6. The van der Waals surface area contributed by atoms with Crippen molar-refractivity contribution in [3.63, 3.8) is 0 Å². The van der Waals surface area contributed by atoms with Crippen LogP contribution in [0.4, 0.5) is 10.1 Å².